The monoisotopic (exact) mass is 418 g/mol. The lowest BCUT2D eigenvalue weighted by Gasteiger charge is -2.06. The minimum absolute atomic E-state index is 0.0981. The Morgan fingerprint density at radius 2 is 2.10 bits per heavy atom. The highest BCUT2D eigenvalue weighted by atomic mass is 79.9. The van der Waals surface area contributed by atoms with Gasteiger partial charge >= 0.3 is 0 Å². The Balaban J connectivity index is 2.26. The van der Waals surface area contributed by atoms with Crippen LogP contribution in [-0.2, 0) is 0 Å². The molecular weight excluding hydrogens is 415 g/mol. The summed E-state index contributed by atoms with van der Waals surface area (Å²) >= 11 is 6.20. The molecule has 1 amide bonds. The van der Waals surface area contributed by atoms with Gasteiger partial charge in [-0.3, -0.25) is 14.9 Å². The highest BCUT2D eigenvalue weighted by Crippen LogP contribution is 2.21. The van der Waals surface area contributed by atoms with Gasteiger partial charge in [0, 0.05) is 6.07 Å². The largest absolute Gasteiger partial charge is 0.304 e. The zero-order chi connectivity index (χ0) is 15.6. The molecular formula is C11H5Br2FN4O3. The lowest BCUT2D eigenvalue weighted by molar-refractivity contribution is -0.385. The minimum atomic E-state index is -0.997. The van der Waals surface area contributed by atoms with Crippen molar-refractivity contribution in [3.05, 3.63) is 55.1 Å². The van der Waals surface area contributed by atoms with Crippen molar-refractivity contribution in [2.45, 2.75) is 0 Å². The first-order valence-electron chi connectivity index (χ1n) is 5.32. The smallest absolute Gasteiger partial charge is 0.272 e. The summed E-state index contributed by atoms with van der Waals surface area (Å²) in [5, 5.41) is 12.9. The number of amides is 1. The van der Waals surface area contributed by atoms with Crippen LogP contribution in [-0.4, -0.2) is 20.8 Å². The van der Waals surface area contributed by atoms with E-state index in [1.54, 1.807) is 0 Å². The Morgan fingerprint density at radius 1 is 1.38 bits per heavy atom. The Morgan fingerprint density at radius 3 is 2.67 bits per heavy atom. The molecule has 108 valence electrons. The van der Waals surface area contributed by atoms with E-state index in [0.717, 1.165) is 12.1 Å². The predicted molar refractivity (Wildman–Crippen MR) is 78.4 cm³/mol. The molecule has 0 saturated carbocycles. The molecule has 0 aliphatic carbocycles. The number of non-ortho nitro benzene ring substituents is 1. The van der Waals surface area contributed by atoms with Gasteiger partial charge in [0.25, 0.3) is 11.6 Å². The van der Waals surface area contributed by atoms with E-state index in [1.807, 2.05) is 0 Å². The number of carbonyl (C=O) groups is 1. The molecule has 1 N–H and O–H groups in total. The molecule has 21 heavy (non-hydrogen) atoms. The lowest BCUT2D eigenvalue weighted by atomic mass is 10.2. The Labute approximate surface area is 134 Å². The summed E-state index contributed by atoms with van der Waals surface area (Å²) in [5.74, 6) is -1.69. The van der Waals surface area contributed by atoms with Crippen molar-refractivity contribution < 1.29 is 14.1 Å². The maximum absolute atomic E-state index is 13.7. The van der Waals surface area contributed by atoms with Crippen LogP contribution in [0.4, 0.5) is 15.9 Å². The number of aromatic nitrogens is 2. The third kappa shape index (κ3) is 3.58. The number of hydrogen-bond acceptors (Lipinski definition) is 5. The quantitative estimate of drug-likeness (QED) is 0.607. The Bertz CT molecular complexity index is 741. The SMILES string of the molecule is O=C(Nc1ncc(Br)nc1Br)c1ccc([N+](=O)[O-])cc1F. The number of nitrogens with one attached hydrogen (secondary N) is 1. The van der Waals surface area contributed by atoms with E-state index in [4.69, 9.17) is 0 Å². The predicted octanol–water partition coefficient (Wildman–Crippen LogP) is 3.30. The maximum Gasteiger partial charge on any atom is 0.272 e. The number of carbonyl (C=O) groups excluding carboxylic acids is 1. The molecule has 0 spiro atoms. The van der Waals surface area contributed by atoms with E-state index in [-0.39, 0.29) is 16.0 Å². The van der Waals surface area contributed by atoms with Gasteiger partial charge in [-0.05, 0) is 37.9 Å². The van der Waals surface area contributed by atoms with Crippen molar-refractivity contribution in [3.63, 3.8) is 0 Å². The summed E-state index contributed by atoms with van der Waals surface area (Å²) in [6.07, 6.45) is 1.35. The van der Waals surface area contributed by atoms with Crippen LogP contribution in [0.2, 0.25) is 0 Å². The normalized spacial score (nSPS) is 10.2. The number of benzene rings is 1. The fourth-order valence-electron chi connectivity index (χ4n) is 1.41. The number of halogens is 3. The van der Waals surface area contributed by atoms with Gasteiger partial charge < -0.3 is 5.32 Å². The number of anilines is 1. The highest BCUT2D eigenvalue weighted by molar-refractivity contribution is 9.11. The van der Waals surface area contributed by atoms with Crippen LogP contribution in [0.15, 0.2) is 33.6 Å². The van der Waals surface area contributed by atoms with Crippen LogP contribution >= 0.6 is 31.9 Å². The lowest BCUT2D eigenvalue weighted by Crippen LogP contribution is -2.15. The standard InChI is InChI=1S/C11H5Br2FN4O3/c12-8-4-15-10(9(13)16-8)17-11(19)6-2-1-5(18(20)21)3-7(6)14/h1-4H,(H,15,17,19). The van der Waals surface area contributed by atoms with Crippen LogP contribution in [0.5, 0.6) is 0 Å². The van der Waals surface area contributed by atoms with Gasteiger partial charge in [0.05, 0.1) is 22.7 Å². The van der Waals surface area contributed by atoms with Gasteiger partial charge in [-0.1, -0.05) is 0 Å². The topological polar surface area (TPSA) is 98.0 Å². The van der Waals surface area contributed by atoms with E-state index in [1.165, 1.54) is 6.20 Å². The average molecular weight is 420 g/mol. The summed E-state index contributed by atoms with van der Waals surface area (Å²) in [5.41, 5.74) is -0.772. The second-order valence-corrected chi connectivity index (χ2v) is 5.27. The van der Waals surface area contributed by atoms with Gasteiger partial charge in [0.2, 0.25) is 0 Å². The molecule has 2 rings (SSSR count). The first-order chi connectivity index (χ1) is 9.88. The molecule has 0 atom stereocenters. The van der Waals surface area contributed by atoms with Crippen LogP contribution in [0, 0.1) is 15.9 Å². The number of nitrogens with zero attached hydrogens (tertiary/aromatic N) is 3. The minimum Gasteiger partial charge on any atom is -0.304 e. The Hall–Kier alpha value is -1.94. The highest BCUT2D eigenvalue weighted by Gasteiger charge is 2.17. The molecule has 0 aliphatic heterocycles. The molecule has 1 aromatic heterocycles. The maximum atomic E-state index is 13.7. The third-order valence-corrected chi connectivity index (χ3v) is 3.28. The van der Waals surface area contributed by atoms with Crippen LogP contribution < -0.4 is 5.32 Å². The first kappa shape index (κ1) is 15.4. The fourth-order valence-corrected chi connectivity index (χ4v) is 2.32. The molecule has 0 unspecified atom stereocenters. The van der Waals surface area contributed by atoms with Gasteiger partial charge in [0.15, 0.2) is 5.82 Å². The summed E-state index contributed by atoms with van der Waals surface area (Å²) in [4.78, 5) is 29.5. The van der Waals surface area contributed by atoms with Crippen molar-refractivity contribution in [3.8, 4) is 0 Å². The van der Waals surface area contributed by atoms with Crippen molar-refractivity contribution in [2.24, 2.45) is 0 Å². The summed E-state index contributed by atoms with van der Waals surface area (Å²) in [6, 6.07) is 2.75. The molecule has 1 heterocycles. The second-order valence-electron chi connectivity index (χ2n) is 3.71. The van der Waals surface area contributed by atoms with Crippen molar-refractivity contribution >= 4 is 49.3 Å². The zero-order valence-corrected chi connectivity index (χ0v) is 13.2. The van der Waals surface area contributed by atoms with E-state index < -0.39 is 22.3 Å². The van der Waals surface area contributed by atoms with Crippen molar-refractivity contribution in [1.29, 1.82) is 0 Å². The van der Waals surface area contributed by atoms with Crippen LogP contribution in [0.25, 0.3) is 0 Å². The molecule has 2 aromatic rings. The average Bonchev–Trinajstić information content (AvgIpc) is 2.41. The van der Waals surface area contributed by atoms with Crippen molar-refractivity contribution in [2.75, 3.05) is 5.32 Å². The molecule has 0 bridgehead atoms. The van der Waals surface area contributed by atoms with E-state index >= 15 is 0 Å². The second kappa shape index (κ2) is 6.22. The number of rotatable bonds is 3. The summed E-state index contributed by atoms with van der Waals surface area (Å²) < 4.78 is 14.4. The number of hydrogen-bond donors (Lipinski definition) is 1. The molecule has 10 heteroatoms. The molecule has 7 nitrogen and oxygen atoms in total. The molecule has 0 fully saturated rings. The van der Waals surface area contributed by atoms with E-state index in [2.05, 4.69) is 47.1 Å². The van der Waals surface area contributed by atoms with E-state index in [9.17, 15) is 19.3 Å². The van der Waals surface area contributed by atoms with E-state index in [0.29, 0.717) is 10.7 Å². The molecule has 0 saturated heterocycles. The molecule has 1 aromatic carbocycles. The van der Waals surface area contributed by atoms with Gasteiger partial charge in [-0.25, -0.2) is 14.4 Å². The molecule has 0 radical (unpaired) electrons. The van der Waals surface area contributed by atoms with Crippen LogP contribution in [0.1, 0.15) is 10.4 Å². The summed E-state index contributed by atoms with van der Waals surface area (Å²) in [6.45, 7) is 0. The number of nitro groups is 1. The van der Waals surface area contributed by atoms with Crippen LogP contribution in [0.3, 0.4) is 0 Å². The van der Waals surface area contributed by atoms with Gasteiger partial charge in [-0.15, -0.1) is 0 Å². The third-order valence-electron chi connectivity index (χ3n) is 2.34. The van der Waals surface area contributed by atoms with Gasteiger partial charge in [0.1, 0.15) is 15.0 Å². The summed E-state index contributed by atoms with van der Waals surface area (Å²) in [7, 11) is 0. The van der Waals surface area contributed by atoms with Gasteiger partial charge in [-0.2, -0.15) is 0 Å². The zero-order valence-electron chi connectivity index (χ0n) is 10.0. The Kier molecular flexibility index (Phi) is 4.58. The van der Waals surface area contributed by atoms with Crippen molar-refractivity contribution in [1.82, 2.24) is 9.97 Å². The first-order valence-corrected chi connectivity index (χ1v) is 6.90. The fraction of sp³-hybridized carbons (Fsp3) is 0. The number of nitro benzene ring substituents is 1. The molecule has 0 aliphatic rings.